The lowest BCUT2D eigenvalue weighted by molar-refractivity contribution is 0.0926. The molecule has 2 fully saturated rings. The normalized spacial score (nSPS) is 19.0. The standard InChI is InChI=1S/C14H19N3O/c1-8-6-11(7-12(15)16-8)14(18)17-13(9-2-3-9)10-4-5-10/h6-7,9-10,13H,2-5H2,1H3,(H2,15,16)(H,17,18). The van der Waals surface area contributed by atoms with Crippen LogP contribution in [0.1, 0.15) is 41.7 Å². The molecule has 0 aliphatic heterocycles. The highest BCUT2D eigenvalue weighted by Crippen LogP contribution is 2.44. The van der Waals surface area contributed by atoms with Crippen molar-refractivity contribution in [2.45, 2.75) is 38.6 Å². The van der Waals surface area contributed by atoms with E-state index in [2.05, 4.69) is 10.3 Å². The van der Waals surface area contributed by atoms with Gasteiger partial charge in [0.05, 0.1) is 0 Å². The molecule has 1 heterocycles. The minimum atomic E-state index is -0.00370. The number of nitrogens with two attached hydrogens (primary N) is 1. The van der Waals surface area contributed by atoms with Crippen LogP contribution in [0.25, 0.3) is 0 Å². The number of carbonyl (C=O) groups is 1. The summed E-state index contributed by atoms with van der Waals surface area (Å²) in [7, 11) is 0. The number of hydrogen-bond acceptors (Lipinski definition) is 3. The van der Waals surface area contributed by atoms with Crippen LogP contribution in [0, 0.1) is 18.8 Å². The van der Waals surface area contributed by atoms with E-state index in [1.165, 1.54) is 25.7 Å². The maximum absolute atomic E-state index is 12.2. The van der Waals surface area contributed by atoms with Gasteiger partial charge in [0.1, 0.15) is 5.82 Å². The first-order valence-corrected chi connectivity index (χ1v) is 6.68. The second-order valence-electron chi connectivity index (χ2n) is 5.60. The Bertz CT molecular complexity index is 446. The molecule has 1 aromatic rings. The van der Waals surface area contributed by atoms with Crippen molar-refractivity contribution < 1.29 is 4.79 Å². The molecule has 0 spiro atoms. The molecular weight excluding hydrogens is 226 g/mol. The minimum absolute atomic E-state index is 0.00370. The van der Waals surface area contributed by atoms with E-state index in [0.29, 0.717) is 29.3 Å². The Hall–Kier alpha value is -1.58. The molecule has 4 nitrogen and oxygen atoms in total. The maximum atomic E-state index is 12.2. The smallest absolute Gasteiger partial charge is 0.251 e. The number of nitrogens with zero attached hydrogens (tertiary/aromatic N) is 1. The van der Waals surface area contributed by atoms with Crippen molar-refractivity contribution in [1.29, 1.82) is 0 Å². The number of rotatable bonds is 4. The van der Waals surface area contributed by atoms with E-state index in [9.17, 15) is 4.79 Å². The second-order valence-corrected chi connectivity index (χ2v) is 5.60. The van der Waals surface area contributed by atoms with Crippen molar-refractivity contribution in [3.05, 3.63) is 23.4 Å². The largest absolute Gasteiger partial charge is 0.384 e. The van der Waals surface area contributed by atoms with Crippen LogP contribution >= 0.6 is 0 Å². The number of anilines is 1. The zero-order valence-electron chi connectivity index (χ0n) is 10.6. The SMILES string of the molecule is Cc1cc(C(=O)NC(C2CC2)C2CC2)cc(N)n1. The van der Waals surface area contributed by atoms with Crippen molar-refractivity contribution in [2.24, 2.45) is 11.8 Å². The summed E-state index contributed by atoms with van der Waals surface area (Å²) in [6.07, 6.45) is 5.05. The van der Waals surface area contributed by atoms with E-state index in [0.717, 1.165) is 5.69 Å². The molecular formula is C14H19N3O. The Morgan fingerprint density at radius 3 is 2.44 bits per heavy atom. The van der Waals surface area contributed by atoms with Crippen molar-refractivity contribution >= 4 is 11.7 Å². The summed E-state index contributed by atoms with van der Waals surface area (Å²) in [6, 6.07) is 3.83. The molecule has 2 aliphatic rings. The predicted molar refractivity (Wildman–Crippen MR) is 70.1 cm³/mol. The molecule has 2 aliphatic carbocycles. The van der Waals surface area contributed by atoms with Gasteiger partial charge in [-0.05, 0) is 56.6 Å². The summed E-state index contributed by atoms with van der Waals surface area (Å²) in [4.78, 5) is 16.3. The first kappa shape index (κ1) is 11.5. The first-order valence-electron chi connectivity index (χ1n) is 6.68. The predicted octanol–water partition coefficient (Wildman–Crippen LogP) is 1.89. The maximum Gasteiger partial charge on any atom is 0.251 e. The molecule has 4 heteroatoms. The number of pyridine rings is 1. The monoisotopic (exact) mass is 245 g/mol. The molecule has 0 atom stereocenters. The fourth-order valence-corrected chi connectivity index (χ4v) is 2.59. The quantitative estimate of drug-likeness (QED) is 0.851. The lowest BCUT2D eigenvalue weighted by Crippen LogP contribution is -2.38. The molecule has 3 rings (SSSR count). The third-order valence-electron chi connectivity index (χ3n) is 3.79. The lowest BCUT2D eigenvalue weighted by atomic mass is 10.1. The Kier molecular flexibility index (Phi) is 2.73. The van der Waals surface area contributed by atoms with Crippen molar-refractivity contribution in [1.82, 2.24) is 10.3 Å². The first-order chi connectivity index (χ1) is 8.63. The highest BCUT2D eigenvalue weighted by atomic mass is 16.1. The fraction of sp³-hybridized carbons (Fsp3) is 0.571. The van der Waals surface area contributed by atoms with Gasteiger partial charge in [-0.15, -0.1) is 0 Å². The molecule has 18 heavy (non-hydrogen) atoms. The van der Waals surface area contributed by atoms with Gasteiger partial charge in [-0.2, -0.15) is 0 Å². The van der Waals surface area contributed by atoms with Gasteiger partial charge in [0.2, 0.25) is 0 Å². The molecule has 1 amide bonds. The molecule has 3 N–H and O–H groups in total. The van der Waals surface area contributed by atoms with Crippen LogP contribution in [-0.2, 0) is 0 Å². The molecule has 2 saturated carbocycles. The van der Waals surface area contributed by atoms with Crippen LogP contribution in [0.4, 0.5) is 5.82 Å². The third-order valence-corrected chi connectivity index (χ3v) is 3.79. The van der Waals surface area contributed by atoms with Gasteiger partial charge in [0.15, 0.2) is 0 Å². The molecule has 0 unspecified atom stereocenters. The van der Waals surface area contributed by atoms with Gasteiger partial charge >= 0.3 is 0 Å². The number of amides is 1. The topological polar surface area (TPSA) is 68.0 Å². The summed E-state index contributed by atoms with van der Waals surface area (Å²) in [5.41, 5.74) is 7.10. The highest BCUT2D eigenvalue weighted by Gasteiger charge is 2.42. The Morgan fingerprint density at radius 2 is 1.94 bits per heavy atom. The summed E-state index contributed by atoms with van der Waals surface area (Å²) < 4.78 is 0. The Labute approximate surface area is 107 Å². The van der Waals surface area contributed by atoms with E-state index >= 15 is 0 Å². The van der Waals surface area contributed by atoms with E-state index in [-0.39, 0.29) is 5.91 Å². The van der Waals surface area contributed by atoms with Crippen LogP contribution in [0.3, 0.4) is 0 Å². The summed E-state index contributed by atoms with van der Waals surface area (Å²) in [5, 5.41) is 3.19. The van der Waals surface area contributed by atoms with Crippen LogP contribution in [-0.4, -0.2) is 16.9 Å². The van der Waals surface area contributed by atoms with E-state index < -0.39 is 0 Å². The lowest BCUT2D eigenvalue weighted by Gasteiger charge is -2.17. The molecule has 0 bridgehead atoms. The number of aromatic nitrogens is 1. The number of nitrogens with one attached hydrogen (secondary N) is 1. The number of nitrogen functional groups attached to an aromatic ring is 1. The van der Waals surface area contributed by atoms with Gasteiger partial charge in [0, 0.05) is 17.3 Å². The summed E-state index contributed by atoms with van der Waals surface area (Å²) >= 11 is 0. The van der Waals surface area contributed by atoms with E-state index in [1.54, 1.807) is 12.1 Å². The molecule has 1 aromatic heterocycles. The minimum Gasteiger partial charge on any atom is -0.384 e. The highest BCUT2D eigenvalue weighted by molar-refractivity contribution is 5.95. The van der Waals surface area contributed by atoms with Crippen molar-refractivity contribution in [2.75, 3.05) is 5.73 Å². The van der Waals surface area contributed by atoms with E-state index in [1.807, 2.05) is 6.92 Å². The number of carbonyl (C=O) groups excluding carboxylic acids is 1. The fourth-order valence-electron chi connectivity index (χ4n) is 2.59. The average Bonchev–Trinajstić information content (AvgIpc) is 3.14. The Balaban J connectivity index is 1.72. The summed E-state index contributed by atoms with van der Waals surface area (Å²) in [6.45, 7) is 1.85. The van der Waals surface area contributed by atoms with Crippen LogP contribution in [0.2, 0.25) is 0 Å². The van der Waals surface area contributed by atoms with Gasteiger partial charge < -0.3 is 11.1 Å². The molecule has 0 aromatic carbocycles. The molecule has 96 valence electrons. The van der Waals surface area contributed by atoms with Gasteiger partial charge in [-0.3, -0.25) is 4.79 Å². The van der Waals surface area contributed by atoms with Crippen molar-refractivity contribution in [3.8, 4) is 0 Å². The zero-order chi connectivity index (χ0) is 12.7. The van der Waals surface area contributed by atoms with Crippen LogP contribution < -0.4 is 11.1 Å². The van der Waals surface area contributed by atoms with E-state index in [4.69, 9.17) is 5.73 Å². The Morgan fingerprint density at radius 1 is 1.33 bits per heavy atom. The number of aryl methyl sites for hydroxylation is 1. The summed E-state index contributed by atoms with van der Waals surface area (Å²) in [5.74, 6) is 1.83. The zero-order valence-corrected chi connectivity index (χ0v) is 10.6. The van der Waals surface area contributed by atoms with Gasteiger partial charge in [-0.1, -0.05) is 0 Å². The second kappa shape index (κ2) is 4.26. The van der Waals surface area contributed by atoms with Crippen LogP contribution in [0.5, 0.6) is 0 Å². The number of hydrogen-bond donors (Lipinski definition) is 2. The molecule has 0 saturated heterocycles. The third kappa shape index (κ3) is 2.47. The molecule has 0 radical (unpaired) electrons. The van der Waals surface area contributed by atoms with Crippen LogP contribution in [0.15, 0.2) is 12.1 Å². The van der Waals surface area contributed by atoms with Gasteiger partial charge in [0.25, 0.3) is 5.91 Å². The van der Waals surface area contributed by atoms with Crippen molar-refractivity contribution in [3.63, 3.8) is 0 Å². The van der Waals surface area contributed by atoms with Gasteiger partial charge in [-0.25, -0.2) is 4.98 Å². The average molecular weight is 245 g/mol.